The average Bonchev–Trinajstić information content (AvgIpc) is 2.39. The lowest BCUT2D eigenvalue weighted by Gasteiger charge is -2.37. The molecule has 1 aromatic carbocycles. The summed E-state index contributed by atoms with van der Waals surface area (Å²) in [5.41, 5.74) is 4.12. The Bertz CT molecular complexity index is 388. The minimum Gasteiger partial charge on any atom is -0.300 e. The Labute approximate surface area is 118 Å². The molecule has 5 heteroatoms. The van der Waals surface area contributed by atoms with Gasteiger partial charge < -0.3 is 4.90 Å². The Morgan fingerprint density at radius 2 is 2.33 bits per heavy atom. The van der Waals surface area contributed by atoms with Crippen LogP contribution >= 0.6 is 23.4 Å². The maximum absolute atomic E-state index is 6.21. The maximum atomic E-state index is 6.21. The first-order chi connectivity index (χ1) is 8.72. The van der Waals surface area contributed by atoms with Crippen LogP contribution in [0.3, 0.4) is 0 Å². The third kappa shape index (κ3) is 3.39. The minimum absolute atomic E-state index is 0.239. The van der Waals surface area contributed by atoms with Gasteiger partial charge in [0.05, 0.1) is 0 Å². The summed E-state index contributed by atoms with van der Waals surface area (Å²) in [5.74, 6) is 8.06. The van der Waals surface area contributed by atoms with E-state index in [0.29, 0.717) is 6.04 Å². The van der Waals surface area contributed by atoms with E-state index in [1.807, 2.05) is 30.0 Å². The number of hydrazine groups is 1. The van der Waals surface area contributed by atoms with Crippen molar-refractivity contribution in [2.24, 2.45) is 5.84 Å². The quantitative estimate of drug-likeness (QED) is 0.653. The summed E-state index contributed by atoms with van der Waals surface area (Å²) >= 11 is 8.21. The summed E-state index contributed by atoms with van der Waals surface area (Å²) in [6.07, 6.45) is 0.867. The normalized spacial score (nSPS) is 22.9. The van der Waals surface area contributed by atoms with E-state index in [9.17, 15) is 0 Å². The first kappa shape index (κ1) is 14.2. The predicted octanol–water partition coefficient (Wildman–Crippen LogP) is 1.76. The van der Waals surface area contributed by atoms with Crippen LogP contribution in [0.2, 0.25) is 5.02 Å². The van der Waals surface area contributed by atoms with Crippen LogP contribution in [0.5, 0.6) is 0 Å². The molecule has 2 rings (SSSR count). The molecular formula is C13H20ClN3S. The van der Waals surface area contributed by atoms with Gasteiger partial charge in [-0.3, -0.25) is 11.3 Å². The molecule has 0 bridgehead atoms. The summed E-state index contributed by atoms with van der Waals surface area (Å²) in [4.78, 5) is 2.39. The van der Waals surface area contributed by atoms with Crippen LogP contribution in [0, 0.1) is 0 Å². The lowest BCUT2D eigenvalue weighted by molar-refractivity contribution is 0.214. The van der Waals surface area contributed by atoms with Crippen molar-refractivity contribution in [1.82, 2.24) is 10.3 Å². The maximum Gasteiger partial charge on any atom is 0.0438 e. The molecule has 1 fully saturated rings. The number of hydrogen-bond donors (Lipinski definition) is 2. The van der Waals surface area contributed by atoms with E-state index in [-0.39, 0.29) is 6.04 Å². The van der Waals surface area contributed by atoms with Crippen LogP contribution in [-0.4, -0.2) is 42.1 Å². The van der Waals surface area contributed by atoms with Gasteiger partial charge in [0.2, 0.25) is 0 Å². The van der Waals surface area contributed by atoms with Crippen molar-refractivity contribution in [3.05, 3.63) is 34.9 Å². The molecule has 3 N–H and O–H groups in total. The van der Waals surface area contributed by atoms with Crippen molar-refractivity contribution in [3.8, 4) is 0 Å². The van der Waals surface area contributed by atoms with E-state index in [2.05, 4.69) is 23.4 Å². The minimum atomic E-state index is 0.239. The van der Waals surface area contributed by atoms with Crippen LogP contribution in [0.15, 0.2) is 24.3 Å². The van der Waals surface area contributed by atoms with Crippen LogP contribution < -0.4 is 11.3 Å². The highest BCUT2D eigenvalue weighted by molar-refractivity contribution is 7.99. The molecule has 1 saturated heterocycles. The number of rotatable bonds is 4. The molecule has 0 radical (unpaired) electrons. The van der Waals surface area contributed by atoms with Crippen LogP contribution in [0.25, 0.3) is 0 Å². The molecule has 0 spiro atoms. The highest BCUT2D eigenvalue weighted by Gasteiger charge is 2.27. The van der Waals surface area contributed by atoms with Gasteiger partial charge >= 0.3 is 0 Å². The highest BCUT2D eigenvalue weighted by Crippen LogP contribution is 2.22. The van der Waals surface area contributed by atoms with E-state index in [1.54, 1.807) is 0 Å². The number of benzene rings is 1. The van der Waals surface area contributed by atoms with Gasteiger partial charge in [0.15, 0.2) is 0 Å². The molecule has 0 saturated carbocycles. The Balaban J connectivity index is 2.07. The number of nitrogens with two attached hydrogens (primary N) is 1. The lowest BCUT2D eigenvalue weighted by Crippen LogP contribution is -2.55. The van der Waals surface area contributed by atoms with Crippen LogP contribution in [0.4, 0.5) is 0 Å². The summed E-state index contributed by atoms with van der Waals surface area (Å²) < 4.78 is 0. The standard InChI is InChI=1S/C13H20ClN3S/c1-17-6-7-18-9-13(17)12(16-15)8-10-4-2-3-5-11(10)14/h2-5,12-13,16H,6-9,15H2,1H3. The Morgan fingerprint density at radius 1 is 1.56 bits per heavy atom. The second-order valence-electron chi connectivity index (χ2n) is 4.69. The second kappa shape index (κ2) is 6.78. The Morgan fingerprint density at radius 3 is 3.00 bits per heavy atom. The molecule has 3 nitrogen and oxygen atoms in total. The Kier molecular flexibility index (Phi) is 5.33. The van der Waals surface area contributed by atoms with Crippen molar-refractivity contribution in [2.75, 3.05) is 25.1 Å². The summed E-state index contributed by atoms with van der Waals surface area (Å²) in [5, 5.41) is 0.823. The van der Waals surface area contributed by atoms with E-state index >= 15 is 0 Å². The van der Waals surface area contributed by atoms with Gasteiger partial charge in [0.25, 0.3) is 0 Å². The summed E-state index contributed by atoms with van der Waals surface area (Å²) in [7, 11) is 2.17. The van der Waals surface area contributed by atoms with Crippen molar-refractivity contribution in [3.63, 3.8) is 0 Å². The number of thioether (sulfide) groups is 1. The van der Waals surface area contributed by atoms with E-state index in [4.69, 9.17) is 17.4 Å². The summed E-state index contributed by atoms with van der Waals surface area (Å²) in [6, 6.07) is 8.69. The van der Waals surface area contributed by atoms with Gasteiger partial charge in [-0.1, -0.05) is 29.8 Å². The van der Waals surface area contributed by atoms with Gasteiger partial charge in [-0.15, -0.1) is 0 Å². The monoisotopic (exact) mass is 285 g/mol. The fraction of sp³-hybridized carbons (Fsp3) is 0.538. The SMILES string of the molecule is CN1CCSCC1C(Cc1ccccc1Cl)NN. The van der Waals surface area contributed by atoms with Crippen LogP contribution in [0.1, 0.15) is 5.56 Å². The molecule has 100 valence electrons. The lowest BCUT2D eigenvalue weighted by atomic mass is 10.00. The second-order valence-corrected chi connectivity index (χ2v) is 6.25. The number of hydrogen-bond acceptors (Lipinski definition) is 4. The molecule has 18 heavy (non-hydrogen) atoms. The smallest absolute Gasteiger partial charge is 0.0438 e. The van der Waals surface area contributed by atoms with Gasteiger partial charge in [0.1, 0.15) is 0 Å². The van der Waals surface area contributed by atoms with Gasteiger partial charge in [-0.05, 0) is 25.1 Å². The molecule has 1 heterocycles. The largest absolute Gasteiger partial charge is 0.300 e. The van der Waals surface area contributed by atoms with Crippen molar-refractivity contribution >= 4 is 23.4 Å². The van der Waals surface area contributed by atoms with Gasteiger partial charge in [-0.25, -0.2) is 0 Å². The average molecular weight is 286 g/mol. The molecule has 2 atom stereocenters. The van der Waals surface area contributed by atoms with E-state index < -0.39 is 0 Å². The zero-order valence-electron chi connectivity index (χ0n) is 10.6. The molecule has 0 aliphatic carbocycles. The number of nitrogens with zero attached hydrogens (tertiary/aromatic N) is 1. The van der Waals surface area contributed by atoms with Gasteiger partial charge in [0, 0.05) is 35.2 Å². The molecule has 2 unspecified atom stereocenters. The fourth-order valence-corrected chi connectivity index (χ4v) is 3.86. The number of likely N-dealkylation sites (N-methyl/N-ethyl adjacent to an activating group) is 1. The topological polar surface area (TPSA) is 41.3 Å². The molecule has 1 aromatic rings. The first-order valence-electron chi connectivity index (χ1n) is 6.20. The zero-order chi connectivity index (χ0) is 13.0. The van der Waals surface area contributed by atoms with Gasteiger partial charge in [-0.2, -0.15) is 11.8 Å². The molecule has 1 aliphatic heterocycles. The molecule has 0 aromatic heterocycles. The Hall–Kier alpha value is -0.260. The number of nitrogens with one attached hydrogen (secondary N) is 1. The summed E-state index contributed by atoms with van der Waals surface area (Å²) in [6.45, 7) is 1.12. The van der Waals surface area contributed by atoms with Crippen molar-refractivity contribution in [1.29, 1.82) is 0 Å². The number of halogens is 1. The van der Waals surface area contributed by atoms with Crippen molar-refractivity contribution in [2.45, 2.75) is 18.5 Å². The predicted molar refractivity (Wildman–Crippen MR) is 80.0 cm³/mol. The third-order valence-electron chi connectivity index (χ3n) is 3.52. The first-order valence-corrected chi connectivity index (χ1v) is 7.73. The zero-order valence-corrected chi connectivity index (χ0v) is 12.2. The van der Waals surface area contributed by atoms with E-state index in [1.165, 1.54) is 5.75 Å². The molecular weight excluding hydrogens is 266 g/mol. The third-order valence-corrected chi connectivity index (χ3v) is 4.94. The van der Waals surface area contributed by atoms with E-state index in [0.717, 1.165) is 29.3 Å². The molecule has 1 aliphatic rings. The fourth-order valence-electron chi connectivity index (χ4n) is 2.34. The van der Waals surface area contributed by atoms with Crippen LogP contribution in [-0.2, 0) is 6.42 Å². The molecule has 0 amide bonds. The highest BCUT2D eigenvalue weighted by atomic mass is 35.5. The van der Waals surface area contributed by atoms with Crippen molar-refractivity contribution < 1.29 is 0 Å².